The van der Waals surface area contributed by atoms with Gasteiger partial charge in [-0.3, -0.25) is 0 Å². The number of aromatic nitrogens is 6. The van der Waals surface area contributed by atoms with Crippen molar-refractivity contribution in [2.75, 3.05) is 17.2 Å². The van der Waals surface area contributed by atoms with E-state index >= 15 is 0 Å². The van der Waals surface area contributed by atoms with E-state index in [9.17, 15) is 13.2 Å². The van der Waals surface area contributed by atoms with Crippen molar-refractivity contribution in [3.8, 4) is 11.1 Å². The SMILES string of the molecule is Cc1cc(Nc2nccc(C(F)(F)F)n2)cc(-c2cnc(NCCc3c[nH]cn3)nc2)c1. The minimum absolute atomic E-state index is 0.135. The Morgan fingerprint density at radius 1 is 0.969 bits per heavy atom. The Hall–Kier alpha value is -4.02. The number of nitrogens with one attached hydrogen (secondary N) is 3. The molecular formula is C21H19F3N8. The Morgan fingerprint density at radius 2 is 1.78 bits per heavy atom. The molecule has 1 aromatic carbocycles. The molecule has 3 heterocycles. The summed E-state index contributed by atoms with van der Waals surface area (Å²) in [6.07, 6.45) is 4.10. The van der Waals surface area contributed by atoms with Crippen LogP contribution in [-0.4, -0.2) is 36.4 Å². The smallest absolute Gasteiger partial charge is 0.354 e. The van der Waals surface area contributed by atoms with E-state index in [0.717, 1.165) is 41.1 Å². The van der Waals surface area contributed by atoms with Crippen molar-refractivity contribution in [2.45, 2.75) is 19.5 Å². The highest BCUT2D eigenvalue weighted by molar-refractivity contribution is 5.70. The highest BCUT2D eigenvalue weighted by Gasteiger charge is 2.32. The van der Waals surface area contributed by atoms with Gasteiger partial charge in [0.1, 0.15) is 5.69 Å². The topological polar surface area (TPSA) is 104 Å². The van der Waals surface area contributed by atoms with Crippen LogP contribution in [0.1, 0.15) is 17.0 Å². The molecule has 4 rings (SSSR count). The van der Waals surface area contributed by atoms with E-state index in [-0.39, 0.29) is 5.95 Å². The number of H-pyrrole nitrogens is 1. The van der Waals surface area contributed by atoms with E-state index in [4.69, 9.17) is 0 Å². The zero-order valence-corrected chi connectivity index (χ0v) is 17.0. The van der Waals surface area contributed by atoms with Gasteiger partial charge in [0.2, 0.25) is 11.9 Å². The van der Waals surface area contributed by atoms with Gasteiger partial charge in [-0.1, -0.05) is 6.07 Å². The summed E-state index contributed by atoms with van der Waals surface area (Å²) in [5.74, 6) is 0.358. The molecule has 0 radical (unpaired) electrons. The first-order valence-corrected chi connectivity index (χ1v) is 9.70. The largest absolute Gasteiger partial charge is 0.433 e. The first-order chi connectivity index (χ1) is 15.4. The minimum atomic E-state index is -4.54. The molecule has 0 saturated carbocycles. The molecule has 0 bridgehead atoms. The second kappa shape index (κ2) is 9.00. The lowest BCUT2D eigenvalue weighted by Gasteiger charge is -2.11. The number of benzene rings is 1. The molecule has 32 heavy (non-hydrogen) atoms. The van der Waals surface area contributed by atoms with Crippen LogP contribution in [0, 0.1) is 6.92 Å². The van der Waals surface area contributed by atoms with Crippen molar-refractivity contribution in [2.24, 2.45) is 0 Å². The zero-order chi connectivity index (χ0) is 22.6. The average molecular weight is 440 g/mol. The Labute approximate surface area is 181 Å². The van der Waals surface area contributed by atoms with Crippen molar-refractivity contribution in [1.29, 1.82) is 0 Å². The summed E-state index contributed by atoms with van der Waals surface area (Å²) >= 11 is 0. The second-order valence-corrected chi connectivity index (χ2v) is 7.01. The van der Waals surface area contributed by atoms with E-state index in [1.807, 2.05) is 19.2 Å². The molecule has 8 nitrogen and oxygen atoms in total. The predicted molar refractivity (Wildman–Crippen MR) is 113 cm³/mol. The number of halogens is 3. The highest BCUT2D eigenvalue weighted by atomic mass is 19.4. The number of anilines is 3. The van der Waals surface area contributed by atoms with Gasteiger partial charge in [0.15, 0.2) is 0 Å². The Bertz CT molecular complexity index is 1170. The second-order valence-electron chi connectivity index (χ2n) is 7.01. The quantitative estimate of drug-likeness (QED) is 0.392. The summed E-state index contributed by atoms with van der Waals surface area (Å²) in [6, 6.07) is 6.33. The van der Waals surface area contributed by atoms with Crippen molar-refractivity contribution in [3.63, 3.8) is 0 Å². The molecule has 0 amide bonds. The van der Waals surface area contributed by atoms with Gasteiger partial charge in [-0.25, -0.2) is 24.9 Å². The number of nitrogens with zero attached hydrogens (tertiary/aromatic N) is 5. The fourth-order valence-corrected chi connectivity index (χ4v) is 3.03. The lowest BCUT2D eigenvalue weighted by atomic mass is 10.1. The predicted octanol–water partition coefficient (Wildman–Crippen LogP) is 4.38. The van der Waals surface area contributed by atoms with Crippen molar-refractivity contribution >= 4 is 17.6 Å². The number of alkyl halides is 3. The zero-order valence-electron chi connectivity index (χ0n) is 17.0. The monoisotopic (exact) mass is 440 g/mol. The van der Waals surface area contributed by atoms with Crippen LogP contribution >= 0.6 is 0 Å². The van der Waals surface area contributed by atoms with Crippen LogP contribution in [0.5, 0.6) is 0 Å². The van der Waals surface area contributed by atoms with Crippen LogP contribution in [0.2, 0.25) is 0 Å². The Balaban J connectivity index is 1.46. The minimum Gasteiger partial charge on any atom is -0.354 e. The maximum absolute atomic E-state index is 12.9. The molecule has 0 fully saturated rings. The lowest BCUT2D eigenvalue weighted by molar-refractivity contribution is -0.141. The van der Waals surface area contributed by atoms with Crippen LogP contribution < -0.4 is 10.6 Å². The number of imidazole rings is 1. The summed E-state index contributed by atoms with van der Waals surface area (Å²) in [7, 11) is 0. The fourth-order valence-electron chi connectivity index (χ4n) is 3.03. The molecule has 164 valence electrons. The summed E-state index contributed by atoms with van der Waals surface area (Å²) in [5.41, 5.74) is 2.96. The number of aryl methyl sites for hydroxylation is 1. The summed E-state index contributed by atoms with van der Waals surface area (Å²) in [6.45, 7) is 2.52. The van der Waals surface area contributed by atoms with Crippen LogP contribution in [0.4, 0.5) is 30.8 Å². The number of hydrogen-bond donors (Lipinski definition) is 3. The molecule has 4 aromatic rings. The van der Waals surface area contributed by atoms with Gasteiger partial charge in [-0.15, -0.1) is 0 Å². The highest BCUT2D eigenvalue weighted by Crippen LogP contribution is 2.29. The van der Waals surface area contributed by atoms with Crippen LogP contribution in [0.25, 0.3) is 11.1 Å². The van der Waals surface area contributed by atoms with Gasteiger partial charge < -0.3 is 15.6 Å². The Morgan fingerprint density at radius 3 is 2.50 bits per heavy atom. The maximum Gasteiger partial charge on any atom is 0.433 e. The third kappa shape index (κ3) is 5.36. The molecule has 0 atom stereocenters. The van der Waals surface area contributed by atoms with Gasteiger partial charge in [0.25, 0.3) is 0 Å². The molecule has 0 spiro atoms. The average Bonchev–Trinajstić information content (AvgIpc) is 3.27. The molecule has 0 aliphatic rings. The lowest BCUT2D eigenvalue weighted by Crippen LogP contribution is -2.10. The Kier molecular flexibility index (Phi) is 5.97. The molecule has 0 unspecified atom stereocenters. The van der Waals surface area contributed by atoms with E-state index in [1.54, 1.807) is 30.9 Å². The van der Waals surface area contributed by atoms with E-state index < -0.39 is 11.9 Å². The van der Waals surface area contributed by atoms with Crippen molar-refractivity contribution in [1.82, 2.24) is 29.9 Å². The van der Waals surface area contributed by atoms with Gasteiger partial charge >= 0.3 is 6.18 Å². The molecule has 0 aliphatic carbocycles. The summed E-state index contributed by atoms with van der Waals surface area (Å²) < 4.78 is 38.7. The van der Waals surface area contributed by atoms with Crippen molar-refractivity contribution < 1.29 is 13.2 Å². The van der Waals surface area contributed by atoms with E-state index in [0.29, 0.717) is 18.2 Å². The normalized spacial score (nSPS) is 11.4. The van der Waals surface area contributed by atoms with Crippen molar-refractivity contribution in [3.05, 3.63) is 72.3 Å². The molecule has 0 aliphatic heterocycles. The van der Waals surface area contributed by atoms with E-state index in [1.165, 1.54) is 0 Å². The third-order valence-corrected chi connectivity index (χ3v) is 4.48. The molecule has 3 aromatic heterocycles. The van der Waals surface area contributed by atoms with Crippen LogP contribution in [0.3, 0.4) is 0 Å². The van der Waals surface area contributed by atoms with E-state index in [2.05, 4.69) is 40.5 Å². The first-order valence-electron chi connectivity index (χ1n) is 9.70. The number of aromatic amines is 1. The summed E-state index contributed by atoms with van der Waals surface area (Å²) in [5, 5.41) is 5.97. The van der Waals surface area contributed by atoms with Gasteiger partial charge in [-0.2, -0.15) is 13.2 Å². The van der Waals surface area contributed by atoms with Gasteiger partial charge in [0, 0.05) is 49.0 Å². The van der Waals surface area contributed by atoms with Crippen LogP contribution in [0.15, 0.2) is 55.4 Å². The fraction of sp³-hybridized carbons (Fsp3) is 0.190. The maximum atomic E-state index is 12.9. The molecule has 0 saturated heterocycles. The standard InChI is InChI=1S/C21H19F3N8/c1-13-6-14(8-17(7-13)31-20-27-5-3-18(32-20)21(22,23)24)15-9-28-19(29-10-15)26-4-2-16-11-25-12-30-16/h3,5-12H,2,4H2,1H3,(H,25,30)(H,26,28,29)(H,27,31,32). The van der Waals surface area contributed by atoms with Gasteiger partial charge in [-0.05, 0) is 36.2 Å². The van der Waals surface area contributed by atoms with Crippen LogP contribution in [-0.2, 0) is 12.6 Å². The molecule has 11 heteroatoms. The third-order valence-electron chi connectivity index (χ3n) is 4.48. The number of hydrogen-bond acceptors (Lipinski definition) is 7. The molecule has 3 N–H and O–H groups in total. The summed E-state index contributed by atoms with van der Waals surface area (Å²) in [4.78, 5) is 23.2. The number of rotatable bonds is 7. The van der Waals surface area contributed by atoms with Gasteiger partial charge in [0.05, 0.1) is 12.0 Å². The first kappa shape index (κ1) is 21.2. The molecular weight excluding hydrogens is 421 g/mol.